The van der Waals surface area contributed by atoms with E-state index in [4.69, 9.17) is 0 Å². The SMILES string of the molecule is C/C(=C\C(C)(C)CO)CCC(C)(C)[Si](O)(c1ccccc1)c1ccccc1. The fourth-order valence-corrected chi connectivity index (χ4v) is 7.52. The molecule has 0 aromatic heterocycles. The zero-order chi connectivity index (χ0) is 20.1. The van der Waals surface area contributed by atoms with Crippen LogP contribution in [0.1, 0.15) is 47.5 Å². The highest BCUT2D eigenvalue weighted by atomic mass is 28.4. The first-order chi connectivity index (χ1) is 12.6. The van der Waals surface area contributed by atoms with Crippen LogP contribution in [0.15, 0.2) is 72.3 Å². The Morgan fingerprint density at radius 1 is 0.889 bits per heavy atom. The molecule has 2 N–H and O–H groups in total. The van der Waals surface area contributed by atoms with Crippen molar-refractivity contribution in [3.05, 3.63) is 72.3 Å². The molecule has 0 aliphatic heterocycles. The molecule has 0 spiro atoms. The van der Waals surface area contributed by atoms with Gasteiger partial charge in [0.05, 0.1) is 6.61 Å². The van der Waals surface area contributed by atoms with E-state index in [-0.39, 0.29) is 17.1 Å². The third-order valence-electron chi connectivity index (χ3n) is 5.55. The topological polar surface area (TPSA) is 40.5 Å². The fourth-order valence-electron chi connectivity index (χ4n) is 3.78. The van der Waals surface area contributed by atoms with Crippen LogP contribution >= 0.6 is 0 Å². The van der Waals surface area contributed by atoms with Crippen LogP contribution in [-0.4, -0.2) is 24.8 Å². The van der Waals surface area contributed by atoms with Crippen LogP contribution in [0.2, 0.25) is 5.04 Å². The van der Waals surface area contributed by atoms with Gasteiger partial charge in [0, 0.05) is 5.41 Å². The van der Waals surface area contributed by atoms with E-state index in [1.165, 1.54) is 5.57 Å². The maximum atomic E-state index is 12.2. The normalized spacial score (nSPS) is 13.7. The molecule has 0 bridgehead atoms. The van der Waals surface area contributed by atoms with Crippen molar-refractivity contribution in [3.8, 4) is 0 Å². The Morgan fingerprint density at radius 3 is 1.74 bits per heavy atom. The van der Waals surface area contributed by atoms with Crippen molar-refractivity contribution >= 4 is 18.7 Å². The highest BCUT2D eigenvalue weighted by molar-refractivity contribution is 6.98. The molecule has 0 aliphatic carbocycles. The Hall–Kier alpha value is -1.68. The summed E-state index contributed by atoms with van der Waals surface area (Å²) >= 11 is 0. The van der Waals surface area contributed by atoms with Crippen LogP contribution in [-0.2, 0) is 0 Å². The molecule has 0 unspecified atom stereocenters. The van der Waals surface area contributed by atoms with Gasteiger partial charge in [-0.25, -0.2) is 0 Å². The van der Waals surface area contributed by atoms with Crippen molar-refractivity contribution in [2.24, 2.45) is 5.41 Å². The van der Waals surface area contributed by atoms with Gasteiger partial charge in [-0.1, -0.05) is 100 Å². The van der Waals surface area contributed by atoms with Gasteiger partial charge in [-0.15, -0.1) is 0 Å². The van der Waals surface area contributed by atoms with E-state index in [9.17, 15) is 9.90 Å². The molecule has 0 saturated heterocycles. The van der Waals surface area contributed by atoms with Gasteiger partial charge in [-0.2, -0.15) is 0 Å². The van der Waals surface area contributed by atoms with E-state index >= 15 is 0 Å². The van der Waals surface area contributed by atoms with E-state index in [0.717, 1.165) is 23.2 Å². The summed E-state index contributed by atoms with van der Waals surface area (Å²) in [7, 11) is -2.94. The van der Waals surface area contributed by atoms with Crippen LogP contribution < -0.4 is 10.4 Å². The average molecular weight is 383 g/mol. The van der Waals surface area contributed by atoms with Crippen molar-refractivity contribution in [2.45, 2.75) is 52.5 Å². The van der Waals surface area contributed by atoms with Crippen molar-refractivity contribution in [3.63, 3.8) is 0 Å². The Kier molecular flexibility index (Phi) is 6.85. The number of benzene rings is 2. The Morgan fingerprint density at radius 2 is 1.33 bits per heavy atom. The lowest BCUT2D eigenvalue weighted by molar-refractivity contribution is 0.198. The minimum absolute atomic E-state index is 0.139. The molecule has 2 aromatic rings. The molecule has 2 rings (SSSR count). The summed E-state index contributed by atoms with van der Waals surface area (Å²) in [6, 6.07) is 20.3. The lowest BCUT2D eigenvalue weighted by Crippen LogP contribution is -2.65. The monoisotopic (exact) mass is 382 g/mol. The maximum absolute atomic E-state index is 12.2. The van der Waals surface area contributed by atoms with E-state index < -0.39 is 8.32 Å². The predicted molar refractivity (Wildman–Crippen MR) is 118 cm³/mol. The van der Waals surface area contributed by atoms with Gasteiger partial charge in [0.15, 0.2) is 0 Å². The molecule has 3 heteroatoms. The average Bonchev–Trinajstić information content (AvgIpc) is 2.67. The number of hydrogen-bond donors (Lipinski definition) is 2. The first-order valence-electron chi connectivity index (χ1n) is 9.75. The van der Waals surface area contributed by atoms with Crippen LogP contribution in [0.5, 0.6) is 0 Å². The molecule has 0 atom stereocenters. The summed E-state index contributed by atoms with van der Waals surface area (Å²) in [5.41, 5.74) is 1.06. The van der Waals surface area contributed by atoms with Gasteiger partial charge >= 0.3 is 0 Å². The van der Waals surface area contributed by atoms with Gasteiger partial charge in [0.1, 0.15) is 0 Å². The molecule has 146 valence electrons. The minimum atomic E-state index is -2.94. The van der Waals surface area contributed by atoms with Gasteiger partial charge < -0.3 is 9.90 Å². The first-order valence-corrected chi connectivity index (χ1v) is 11.7. The molecule has 0 fully saturated rings. The predicted octanol–water partition coefficient (Wildman–Crippen LogP) is 4.26. The molecular weight excluding hydrogens is 348 g/mol. The smallest absolute Gasteiger partial charge is 0.258 e. The molecule has 0 radical (unpaired) electrons. The summed E-state index contributed by atoms with van der Waals surface area (Å²) in [4.78, 5) is 12.2. The highest BCUT2D eigenvalue weighted by Crippen LogP contribution is 2.41. The third-order valence-corrected chi connectivity index (χ3v) is 10.1. The third kappa shape index (κ3) is 4.98. The summed E-state index contributed by atoms with van der Waals surface area (Å²) in [6.45, 7) is 10.7. The second-order valence-corrected chi connectivity index (χ2v) is 12.9. The fraction of sp³-hybridized carbons (Fsp3) is 0.417. The number of hydrogen-bond acceptors (Lipinski definition) is 2. The van der Waals surface area contributed by atoms with E-state index in [1.54, 1.807) is 0 Å². The van der Waals surface area contributed by atoms with Crippen molar-refractivity contribution < 1.29 is 9.90 Å². The second-order valence-electron chi connectivity index (χ2n) is 8.96. The molecule has 0 heterocycles. The summed E-state index contributed by atoms with van der Waals surface area (Å²) < 4.78 is 0. The van der Waals surface area contributed by atoms with Gasteiger partial charge in [0.2, 0.25) is 0 Å². The molecule has 0 aliphatic rings. The first kappa shape index (κ1) is 21.6. The van der Waals surface area contributed by atoms with Gasteiger partial charge in [0.25, 0.3) is 8.32 Å². The van der Waals surface area contributed by atoms with Gasteiger partial charge in [-0.3, -0.25) is 0 Å². The Balaban J connectivity index is 2.38. The van der Waals surface area contributed by atoms with E-state index in [1.807, 2.05) is 50.2 Å². The summed E-state index contributed by atoms with van der Waals surface area (Å²) in [5, 5.41) is 11.4. The summed E-state index contributed by atoms with van der Waals surface area (Å²) in [6.07, 6.45) is 3.96. The summed E-state index contributed by atoms with van der Waals surface area (Å²) in [5.74, 6) is 0. The standard InChI is InChI=1S/C24H34O2Si/c1-20(18-23(2,3)19-25)16-17-24(4,5)27(26,21-12-8-6-9-13-21)22-14-10-7-11-15-22/h6-15,18,25-26H,16-17,19H2,1-5H3/b20-18+. The second kappa shape index (κ2) is 8.55. The Bertz CT molecular complexity index is 709. The van der Waals surface area contributed by atoms with Gasteiger partial charge in [-0.05, 0) is 35.2 Å². The molecule has 27 heavy (non-hydrogen) atoms. The lowest BCUT2D eigenvalue weighted by Gasteiger charge is -2.41. The number of aliphatic hydroxyl groups excluding tert-OH is 1. The number of aliphatic hydroxyl groups is 1. The number of rotatable bonds is 8. The van der Waals surface area contributed by atoms with Crippen LogP contribution in [0.3, 0.4) is 0 Å². The quantitative estimate of drug-likeness (QED) is 0.529. The van der Waals surface area contributed by atoms with Crippen molar-refractivity contribution in [1.29, 1.82) is 0 Å². The molecule has 2 aromatic carbocycles. The van der Waals surface area contributed by atoms with E-state index in [2.05, 4.69) is 51.1 Å². The highest BCUT2D eigenvalue weighted by Gasteiger charge is 2.49. The van der Waals surface area contributed by atoms with Crippen molar-refractivity contribution in [2.75, 3.05) is 6.61 Å². The largest absolute Gasteiger partial charge is 0.424 e. The van der Waals surface area contributed by atoms with Crippen LogP contribution in [0, 0.1) is 5.41 Å². The van der Waals surface area contributed by atoms with Crippen LogP contribution in [0.4, 0.5) is 0 Å². The Labute approximate surface area is 165 Å². The lowest BCUT2D eigenvalue weighted by atomic mass is 9.90. The van der Waals surface area contributed by atoms with E-state index in [0.29, 0.717) is 0 Å². The molecule has 2 nitrogen and oxygen atoms in total. The zero-order valence-corrected chi connectivity index (χ0v) is 18.4. The zero-order valence-electron chi connectivity index (χ0n) is 17.4. The molecular formula is C24H34O2Si. The maximum Gasteiger partial charge on any atom is 0.258 e. The number of allylic oxidation sites excluding steroid dienone is 1. The molecule has 0 amide bonds. The molecule has 0 saturated carbocycles. The van der Waals surface area contributed by atoms with Crippen LogP contribution in [0.25, 0.3) is 0 Å². The minimum Gasteiger partial charge on any atom is -0.424 e. The van der Waals surface area contributed by atoms with Crippen molar-refractivity contribution in [1.82, 2.24) is 0 Å².